The van der Waals surface area contributed by atoms with E-state index in [4.69, 9.17) is 17.0 Å². The van der Waals surface area contributed by atoms with Gasteiger partial charge < -0.3 is 15.4 Å². The summed E-state index contributed by atoms with van der Waals surface area (Å²) in [6.45, 7) is 9.18. The van der Waals surface area contributed by atoms with Crippen LogP contribution in [0, 0.1) is 5.41 Å². The summed E-state index contributed by atoms with van der Waals surface area (Å²) in [6.07, 6.45) is 5.14. The van der Waals surface area contributed by atoms with E-state index >= 15 is 0 Å². The molecule has 0 aliphatic rings. The Kier molecular flexibility index (Phi) is 9.46. The van der Waals surface area contributed by atoms with Gasteiger partial charge in [-0.05, 0) is 24.1 Å². The summed E-state index contributed by atoms with van der Waals surface area (Å²) in [5.74, 6) is 0. The van der Waals surface area contributed by atoms with Gasteiger partial charge in [0.25, 0.3) is 0 Å². The van der Waals surface area contributed by atoms with Gasteiger partial charge in [-0.15, -0.1) is 0 Å². The van der Waals surface area contributed by atoms with E-state index in [1.165, 1.54) is 25.7 Å². The number of thiocarbonyl (C=S) groups is 1. The number of ether oxygens (including phenoxy) is 1. The molecule has 0 saturated carbocycles. The smallest absolute Gasteiger partial charge is 0.166 e. The highest BCUT2D eigenvalue weighted by Crippen LogP contribution is 2.22. The third-order valence-corrected chi connectivity index (χ3v) is 3.07. The van der Waals surface area contributed by atoms with Crippen molar-refractivity contribution in [3.05, 3.63) is 0 Å². The van der Waals surface area contributed by atoms with E-state index in [1.54, 1.807) is 7.11 Å². The van der Waals surface area contributed by atoms with E-state index in [9.17, 15) is 0 Å². The minimum absolute atomic E-state index is 0.308. The van der Waals surface area contributed by atoms with Crippen LogP contribution < -0.4 is 10.6 Å². The normalized spacial score (nSPS) is 11.3. The van der Waals surface area contributed by atoms with Crippen LogP contribution in [0.15, 0.2) is 0 Å². The average molecular weight is 260 g/mol. The van der Waals surface area contributed by atoms with Gasteiger partial charge in [-0.1, -0.05) is 40.0 Å². The Balaban J connectivity index is 3.65. The molecule has 0 fully saturated rings. The maximum atomic E-state index is 5.19. The Labute approximate surface area is 112 Å². The molecule has 0 spiro atoms. The van der Waals surface area contributed by atoms with Crippen LogP contribution in [0.1, 0.15) is 46.5 Å². The van der Waals surface area contributed by atoms with Gasteiger partial charge in [-0.2, -0.15) is 0 Å². The van der Waals surface area contributed by atoms with Crippen molar-refractivity contribution in [2.75, 3.05) is 26.8 Å². The zero-order chi connectivity index (χ0) is 13.1. The fraction of sp³-hybridized carbons (Fsp3) is 0.923. The third kappa shape index (κ3) is 10.5. The van der Waals surface area contributed by atoms with Crippen LogP contribution in [-0.4, -0.2) is 31.9 Å². The number of hydrogen-bond acceptors (Lipinski definition) is 2. The molecule has 2 N–H and O–H groups in total. The lowest BCUT2D eigenvalue weighted by atomic mass is 9.87. The van der Waals surface area contributed by atoms with Crippen molar-refractivity contribution in [1.82, 2.24) is 10.6 Å². The second kappa shape index (κ2) is 9.66. The van der Waals surface area contributed by atoms with Gasteiger partial charge in [-0.3, -0.25) is 0 Å². The quantitative estimate of drug-likeness (QED) is 0.493. The number of rotatable bonds is 9. The van der Waals surface area contributed by atoms with Crippen molar-refractivity contribution in [2.24, 2.45) is 5.41 Å². The average Bonchev–Trinajstić information content (AvgIpc) is 2.27. The van der Waals surface area contributed by atoms with Crippen LogP contribution in [0.3, 0.4) is 0 Å². The summed E-state index contributed by atoms with van der Waals surface area (Å²) in [7, 11) is 1.69. The van der Waals surface area contributed by atoms with E-state index in [-0.39, 0.29) is 0 Å². The van der Waals surface area contributed by atoms with Gasteiger partial charge in [0.15, 0.2) is 5.11 Å². The van der Waals surface area contributed by atoms with Gasteiger partial charge in [0.05, 0.1) is 6.61 Å². The minimum Gasteiger partial charge on any atom is -0.383 e. The van der Waals surface area contributed by atoms with Crippen molar-refractivity contribution in [3.8, 4) is 0 Å². The summed E-state index contributed by atoms with van der Waals surface area (Å²) in [4.78, 5) is 0. The van der Waals surface area contributed by atoms with Crippen molar-refractivity contribution in [1.29, 1.82) is 0 Å². The van der Waals surface area contributed by atoms with Gasteiger partial charge in [0, 0.05) is 20.2 Å². The zero-order valence-corrected chi connectivity index (χ0v) is 12.6. The molecule has 0 bridgehead atoms. The SMILES string of the molecule is CCCCCC(C)(C)CNC(=S)NCCOC. The standard InChI is InChI=1S/C13H28N2OS/c1-5-6-7-8-13(2,3)11-15-12(17)14-9-10-16-4/h5-11H2,1-4H3,(H2,14,15,17). The number of nitrogens with one attached hydrogen (secondary N) is 2. The Bertz CT molecular complexity index is 208. The summed E-state index contributed by atoms with van der Waals surface area (Å²) in [6, 6.07) is 0. The van der Waals surface area contributed by atoms with Crippen LogP contribution in [0.25, 0.3) is 0 Å². The summed E-state index contributed by atoms with van der Waals surface area (Å²) >= 11 is 5.19. The monoisotopic (exact) mass is 260 g/mol. The molecule has 0 aromatic heterocycles. The van der Waals surface area contributed by atoms with Gasteiger partial charge in [-0.25, -0.2) is 0 Å². The van der Waals surface area contributed by atoms with E-state index in [2.05, 4.69) is 31.4 Å². The summed E-state index contributed by atoms with van der Waals surface area (Å²) in [5, 5.41) is 7.12. The topological polar surface area (TPSA) is 33.3 Å². The Hall–Kier alpha value is -0.350. The molecule has 0 amide bonds. The maximum absolute atomic E-state index is 5.19. The molecule has 0 radical (unpaired) electrons. The predicted octanol–water partition coefficient (Wildman–Crippen LogP) is 2.70. The van der Waals surface area contributed by atoms with E-state index in [0.717, 1.165) is 18.2 Å². The van der Waals surface area contributed by atoms with Crippen molar-refractivity contribution in [2.45, 2.75) is 46.5 Å². The molecule has 0 atom stereocenters. The lowest BCUT2D eigenvalue weighted by molar-refractivity contribution is 0.203. The van der Waals surface area contributed by atoms with Crippen LogP contribution in [-0.2, 0) is 4.74 Å². The Morgan fingerprint density at radius 3 is 2.53 bits per heavy atom. The number of unbranched alkanes of at least 4 members (excludes halogenated alkanes) is 2. The third-order valence-electron chi connectivity index (χ3n) is 2.78. The predicted molar refractivity (Wildman–Crippen MR) is 78.4 cm³/mol. The van der Waals surface area contributed by atoms with Crippen LogP contribution >= 0.6 is 12.2 Å². The van der Waals surface area contributed by atoms with Crippen molar-refractivity contribution >= 4 is 17.3 Å². The van der Waals surface area contributed by atoms with Crippen LogP contribution in [0.2, 0.25) is 0 Å². The molecule has 102 valence electrons. The molecular weight excluding hydrogens is 232 g/mol. The first-order valence-electron chi connectivity index (χ1n) is 6.52. The first-order valence-corrected chi connectivity index (χ1v) is 6.93. The molecule has 0 heterocycles. The van der Waals surface area contributed by atoms with E-state index in [1.807, 2.05) is 0 Å². The van der Waals surface area contributed by atoms with Crippen LogP contribution in [0.4, 0.5) is 0 Å². The largest absolute Gasteiger partial charge is 0.383 e. The molecular formula is C13H28N2OS. The van der Waals surface area contributed by atoms with Gasteiger partial charge >= 0.3 is 0 Å². The molecule has 0 aromatic carbocycles. The molecule has 0 saturated heterocycles. The number of hydrogen-bond donors (Lipinski definition) is 2. The molecule has 0 rings (SSSR count). The Morgan fingerprint density at radius 2 is 1.94 bits per heavy atom. The molecule has 0 aliphatic heterocycles. The van der Waals surface area contributed by atoms with E-state index in [0.29, 0.717) is 12.0 Å². The van der Waals surface area contributed by atoms with Crippen LogP contribution in [0.5, 0.6) is 0 Å². The summed E-state index contributed by atoms with van der Waals surface area (Å²) in [5.41, 5.74) is 0.308. The summed E-state index contributed by atoms with van der Waals surface area (Å²) < 4.78 is 4.95. The second-order valence-corrected chi connectivity index (χ2v) is 5.63. The first-order chi connectivity index (χ1) is 8.02. The highest BCUT2D eigenvalue weighted by atomic mass is 32.1. The van der Waals surface area contributed by atoms with Crippen molar-refractivity contribution < 1.29 is 4.74 Å². The number of methoxy groups -OCH3 is 1. The maximum Gasteiger partial charge on any atom is 0.166 e. The fourth-order valence-corrected chi connectivity index (χ4v) is 1.76. The zero-order valence-electron chi connectivity index (χ0n) is 11.8. The Morgan fingerprint density at radius 1 is 1.24 bits per heavy atom. The van der Waals surface area contributed by atoms with Gasteiger partial charge in [0.2, 0.25) is 0 Å². The molecule has 4 heteroatoms. The second-order valence-electron chi connectivity index (χ2n) is 5.22. The lowest BCUT2D eigenvalue weighted by Crippen LogP contribution is -2.41. The highest BCUT2D eigenvalue weighted by Gasteiger charge is 2.17. The van der Waals surface area contributed by atoms with Crippen molar-refractivity contribution in [3.63, 3.8) is 0 Å². The minimum atomic E-state index is 0.308. The molecule has 0 unspecified atom stereocenters. The molecule has 0 aromatic rings. The lowest BCUT2D eigenvalue weighted by Gasteiger charge is -2.25. The molecule has 3 nitrogen and oxygen atoms in total. The molecule has 17 heavy (non-hydrogen) atoms. The van der Waals surface area contributed by atoms with E-state index < -0.39 is 0 Å². The fourth-order valence-electron chi connectivity index (χ4n) is 1.59. The first kappa shape index (κ1) is 16.6. The van der Waals surface area contributed by atoms with Gasteiger partial charge in [0.1, 0.15) is 0 Å². The molecule has 0 aliphatic carbocycles. The highest BCUT2D eigenvalue weighted by molar-refractivity contribution is 7.80.